The molecule has 2 unspecified atom stereocenters. The number of hydrogen-bond acceptors (Lipinski definition) is 4. The third kappa shape index (κ3) is 4.10. The molecule has 2 aliphatic heterocycles. The van der Waals surface area contributed by atoms with Gasteiger partial charge in [-0.15, -0.1) is 12.4 Å². The van der Waals surface area contributed by atoms with Crippen LogP contribution in [0, 0.1) is 0 Å². The van der Waals surface area contributed by atoms with Gasteiger partial charge in [0.05, 0.1) is 19.3 Å². The van der Waals surface area contributed by atoms with Crippen molar-refractivity contribution in [2.24, 2.45) is 0 Å². The van der Waals surface area contributed by atoms with Crippen molar-refractivity contribution in [3.05, 3.63) is 0 Å². The van der Waals surface area contributed by atoms with Crippen LogP contribution in [0.25, 0.3) is 0 Å². The average molecular weight is 265 g/mol. The molecule has 17 heavy (non-hydrogen) atoms. The van der Waals surface area contributed by atoms with Crippen LogP contribution in [0.2, 0.25) is 0 Å². The maximum absolute atomic E-state index is 12.2. The molecule has 2 aliphatic rings. The fourth-order valence-electron chi connectivity index (χ4n) is 2.14. The van der Waals surface area contributed by atoms with E-state index >= 15 is 0 Å². The Bertz CT molecular complexity index is 247. The Balaban J connectivity index is 0.00000144. The maximum Gasteiger partial charge on any atom is 0.242 e. The van der Waals surface area contributed by atoms with Crippen LogP contribution in [0.4, 0.5) is 0 Å². The highest BCUT2D eigenvalue weighted by molar-refractivity contribution is 5.85. The van der Waals surface area contributed by atoms with E-state index in [4.69, 9.17) is 9.47 Å². The van der Waals surface area contributed by atoms with E-state index < -0.39 is 0 Å². The Morgan fingerprint density at radius 2 is 2.24 bits per heavy atom. The maximum atomic E-state index is 12.2. The Hall–Kier alpha value is -0.360. The molecule has 0 bridgehead atoms. The lowest BCUT2D eigenvalue weighted by molar-refractivity contribution is -0.137. The number of halogens is 1. The first-order chi connectivity index (χ1) is 7.77. The predicted molar refractivity (Wildman–Crippen MR) is 66.5 cm³/mol. The molecule has 0 aliphatic carbocycles. The van der Waals surface area contributed by atoms with Crippen molar-refractivity contribution >= 4 is 18.3 Å². The molecule has 0 radical (unpaired) electrons. The third-order valence-corrected chi connectivity index (χ3v) is 2.98. The second-order valence-electron chi connectivity index (χ2n) is 4.40. The first-order valence-electron chi connectivity index (χ1n) is 5.99. The molecular formula is C11H21ClN2O3. The van der Waals surface area contributed by atoms with Gasteiger partial charge in [0.15, 0.2) is 0 Å². The van der Waals surface area contributed by atoms with Gasteiger partial charge in [0.25, 0.3) is 0 Å². The fourth-order valence-corrected chi connectivity index (χ4v) is 2.14. The molecular weight excluding hydrogens is 244 g/mol. The number of hydrogen-bond donors (Lipinski definition) is 1. The van der Waals surface area contributed by atoms with Gasteiger partial charge < -0.3 is 19.7 Å². The number of nitrogens with zero attached hydrogens (tertiary/aromatic N) is 1. The van der Waals surface area contributed by atoms with Gasteiger partial charge in [-0.25, -0.2) is 0 Å². The van der Waals surface area contributed by atoms with Crippen LogP contribution in [0.1, 0.15) is 13.3 Å². The van der Waals surface area contributed by atoms with Gasteiger partial charge in [-0.3, -0.25) is 4.79 Å². The topological polar surface area (TPSA) is 50.8 Å². The minimum absolute atomic E-state index is 0. The molecule has 1 N–H and O–H groups in total. The number of nitrogens with one attached hydrogen (secondary N) is 1. The molecule has 6 heteroatoms. The van der Waals surface area contributed by atoms with Crippen LogP contribution in [0.15, 0.2) is 0 Å². The zero-order chi connectivity index (χ0) is 11.4. The van der Waals surface area contributed by atoms with E-state index in [0.717, 1.165) is 26.1 Å². The van der Waals surface area contributed by atoms with Crippen molar-refractivity contribution in [1.82, 2.24) is 10.2 Å². The van der Waals surface area contributed by atoms with Gasteiger partial charge in [-0.2, -0.15) is 0 Å². The van der Waals surface area contributed by atoms with E-state index in [1.165, 1.54) is 0 Å². The van der Waals surface area contributed by atoms with Crippen molar-refractivity contribution in [3.8, 4) is 0 Å². The van der Waals surface area contributed by atoms with E-state index in [1.807, 2.05) is 11.8 Å². The zero-order valence-electron chi connectivity index (χ0n) is 10.2. The first-order valence-corrected chi connectivity index (χ1v) is 5.99. The first kappa shape index (κ1) is 14.7. The van der Waals surface area contributed by atoms with Crippen molar-refractivity contribution in [1.29, 1.82) is 0 Å². The molecule has 0 saturated carbocycles. The molecule has 2 rings (SSSR count). The van der Waals surface area contributed by atoms with Crippen LogP contribution >= 0.6 is 12.4 Å². The van der Waals surface area contributed by atoms with E-state index in [1.54, 1.807) is 0 Å². The number of ether oxygens (including phenoxy) is 2. The normalized spacial score (nSPS) is 30.3. The summed E-state index contributed by atoms with van der Waals surface area (Å²) in [5.74, 6) is 0.150. The van der Waals surface area contributed by atoms with Crippen LogP contribution < -0.4 is 5.32 Å². The van der Waals surface area contributed by atoms with E-state index in [9.17, 15) is 4.79 Å². The minimum atomic E-state index is -0.168. The van der Waals surface area contributed by atoms with Gasteiger partial charge in [0, 0.05) is 26.2 Å². The van der Waals surface area contributed by atoms with Crippen LogP contribution in [-0.2, 0) is 14.3 Å². The lowest BCUT2D eigenvalue weighted by atomic mass is 10.2. The molecule has 0 aromatic rings. The molecule has 2 atom stereocenters. The molecule has 100 valence electrons. The Labute approximate surface area is 108 Å². The van der Waals surface area contributed by atoms with Crippen molar-refractivity contribution in [2.45, 2.75) is 25.5 Å². The summed E-state index contributed by atoms with van der Waals surface area (Å²) in [6.45, 7) is 6.19. The Morgan fingerprint density at radius 1 is 1.41 bits per heavy atom. The summed E-state index contributed by atoms with van der Waals surface area (Å²) in [6.07, 6.45) is 1.06. The van der Waals surface area contributed by atoms with Crippen LogP contribution in [-0.4, -0.2) is 62.4 Å². The Kier molecular flexibility index (Phi) is 6.19. The molecule has 5 nitrogen and oxygen atoms in total. The standard InChI is InChI=1S/C11H20N2O3.ClH/c1-9-7-13(4-2-5-16-9)11(14)10-8-15-6-3-12-10;/h9-10,12H,2-8H2,1H3;1H. The molecule has 2 saturated heterocycles. The van der Waals surface area contributed by atoms with Crippen molar-refractivity contribution in [2.75, 3.05) is 39.5 Å². The number of morpholine rings is 1. The van der Waals surface area contributed by atoms with Crippen LogP contribution in [0.3, 0.4) is 0 Å². The molecule has 1 amide bonds. The van der Waals surface area contributed by atoms with Crippen molar-refractivity contribution < 1.29 is 14.3 Å². The molecule has 0 aromatic carbocycles. The van der Waals surface area contributed by atoms with Gasteiger partial charge in [0.2, 0.25) is 5.91 Å². The smallest absolute Gasteiger partial charge is 0.242 e. The van der Waals surface area contributed by atoms with Crippen LogP contribution in [0.5, 0.6) is 0 Å². The number of rotatable bonds is 1. The van der Waals surface area contributed by atoms with Gasteiger partial charge in [0.1, 0.15) is 6.04 Å². The zero-order valence-corrected chi connectivity index (χ0v) is 11.0. The van der Waals surface area contributed by atoms with E-state index in [2.05, 4.69) is 5.32 Å². The lowest BCUT2D eigenvalue weighted by Gasteiger charge is -2.29. The number of carbonyl (C=O) groups excluding carboxylic acids is 1. The summed E-state index contributed by atoms with van der Waals surface area (Å²) < 4.78 is 10.8. The molecule has 2 fully saturated rings. The van der Waals surface area contributed by atoms with Gasteiger partial charge in [-0.1, -0.05) is 0 Å². The second kappa shape index (κ2) is 7.16. The molecule has 2 heterocycles. The predicted octanol–water partition coefficient (Wildman–Crippen LogP) is 0.0340. The molecule has 0 spiro atoms. The number of carbonyl (C=O) groups is 1. The minimum Gasteiger partial charge on any atom is -0.378 e. The summed E-state index contributed by atoms with van der Waals surface area (Å²) >= 11 is 0. The largest absolute Gasteiger partial charge is 0.378 e. The highest BCUT2D eigenvalue weighted by atomic mass is 35.5. The highest BCUT2D eigenvalue weighted by Gasteiger charge is 2.28. The molecule has 0 aromatic heterocycles. The quantitative estimate of drug-likeness (QED) is 0.726. The fraction of sp³-hybridized carbons (Fsp3) is 0.909. The second-order valence-corrected chi connectivity index (χ2v) is 4.40. The average Bonchev–Trinajstić information content (AvgIpc) is 2.54. The Morgan fingerprint density at radius 3 is 2.94 bits per heavy atom. The summed E-state index contributed by atoms with van der Waals surface area (Å²) in [6, 6.07) is -0.168. The van der Waals surface area contributed by atoms with Crippen molar-refractivity contribution in [3.63, 3.8) is 0 Å². The third-order valence-electron chi connectivity index (χ3n) is 2.98. The summed E-state index contributed by atoms with van der Waals surface area (Å²) in [4.78, 5) is 14.1. The van der Waals surface area contributed by atoms with Gasteiger partial charge in [-0.05, 0) is 13.3 Å². The SMILES string of the molecule is CC1CN(C(=O)C2COCCN2)CCCO1.Cl. The lowest BCUT2D eigenvalue weighted by Crippen LogP contribution is -2.53. The monoisotopic (exact) mass is 264 g/mol. The van der Waals surface area contributed by atoms with E-state index in [0.29, 0.717) is 19.8 Å². The summed E-state index contributed by atoms with van der Waals surface area (Å²) in [7, 11) is 0. The highest BCUT2D eigenvalue weighted by Crippen LogP contribution is 2.08. The summed E-state index contributed by atoms with van der Waals surface area (Å²) in [5, 5.41) is 3.19. The van der Waals surface area contributed by atoms with E-state index in [-0.39, 0.29) is 30.5 Å². The van der Waals surface area contributed by atoms with Gasteiger partial charge >= 0.3 is 0 Å². The number of amides is 1. The summed E-state index contributed by atoms with van der Waals surface area (Å²) in [5.41, 5.74) is 0.